The molecule has 130 valence electrons. The molecule has 1 amide bonds. The van der Waals surface area contributed by atoms with Crippen LogP contribution in [0.3, 0.4) is 0 Å². The van der Waals surface area contributed by atoms with E-state index in [2.05, 4.69) is 16.9 Å². The average molecular weight is 368 g/mol. The second-order valence-electron chi connectivity index (χ2n) is 6.34. The van der Waals surface area contributed by atoms with Crippen molar-refractivity contribution >= 4 is 34.0 Å². The predicted octanol–water partition coefficient (Wildman–Crippen LogP) is 5.40. The van der Waals surface area contributed by atoms with Gasteiger partial charge in [0.2, 0.25) is 0 Å². The number of aromatic nitrogens is 2. The summed E-state index contributed by atoms with van der Waals surface area (Å²) in [4.78, 5) is 22.6. The van der Waals surface area contributed by atoms with Crippen LogP contribution in [-0.2, 0) is 4.74 Å². The van der Waals surface area contributed by atoms with Gasteiger partial charge in [0.25, 0.3) is 0 Å². The molecule has 24 heavy (non-hydrogen) atoms. The first-order valence-electron chi connectivity index (χ1n) is 7.89. The number of amides is 1. The molecular formula is C17H22ClN3O2S. The number of nitrogens with zero attached hydrogens (tertiary/aromatic N) is 3. The van der Waals surface area contributed by atoms with E-state index < -0.39 is 11.7 Å². The van der Waals surface area contributed by atoms with Gasteiger partial charge in [-0.1, -0.05) is 36.3 Å². The van der Waals surface area contributed by atoms with Gasteiger partial charge in [-0.3, -0.25) is 9.88 Å². The molecule has 2 aromatic rings. The minimum atomic E-state index is -0.565. The molecule has 2 aromatic heterocycles. The Bertz CT molecular complexity index is 683. The highest BCUT2D eigenvalue weighted by atomic mass is 35.5. The van der Waals surface area contributed by atoms with Crippen molar-refractivity contribution in [3.05, 3.63) is 29.7 Å². The van der Waals surface area contributed by atoms with Crippen molar-refractivity contribution in [2.45, 2.75) is 46.1 Å². The van der Waals surface area contributed by atoms with Crippen molar-refractivity contribution in [3.8, 4) is 10.6 Å². The van der Waals surface area contributed by atoms with Crippen LogP contribution in [0.4, 0.5) is 9.80 Å². The minimum absolute atomic E-state index is 0.306. The standard InChI is InChI=1S/C17H22ClN3O2S/c1-5-6-10-21(16(22)23-17(2,3)4)15-13(18)20-14(24-15)12-8-7-9-19-11-12/h7-9,11H,5-6,10H2,1-4H3. The minimum Gasteiger partial charge on any atom is -0.443 e. The van der Waals surface area contributed by atoms with Gasteiger partial charge in [0.15, 0.2) is 5.15 Å². The fraction of sp³-hybridized carbons (Fsp3) is 0.471. The zero-order chi connectivity index (χ0) is 17.7. The molecule has 0 fully saturated rings. The van der Waals surface area contributed by atoms with Crippen molar-refractivity contribution in [1.82, 2.24) is 9.97 Å². The number of carbonyl (C=O) groups excluding carboxylic acids is 1. The summed E-state index contributed by atoms with van der Waals surface area (Å²) in [6, 6.07) is 3.75. The van der Waals surface area contributed by atoms with E-state index in [1.54, 1.807) is 17.3 Å². The van der Waals surface area contributed by atoms with E-state index in [4.69, 9.17) is 16.3 Å². The van der Waals surface area contributed by atoms with Gasteiger partial charge in [0, 0.05) is 24.5 Å². The zero-order valence-electron chi connectivity index (χ0n) is 14.4. The van der Waals surface area contributed by atoms with Crippen LogP contribution in [0.1, 0.15) is 40.5 Å². The van der Waals surface area contributed by atoms with Crippen LogP contribution >= 0.6 is 22.9 Å². The van der Waals surface area contributed by atoms with Crippen LogP contribution in [0.15, 0.2) is 24.5 Å². The fourth-order valence-electron chi connectivity index (χ4n) is 1.98. The maximum atomic E-state index is 12.6. The number of pyridine rings is 1. The van der Waals surface area contributed by atoms with Gasteiger partial charge >= 0.3 is 6.09 Å². The summed E-state index contributed by atoms with van der Waals surface area (Å²) in [7, 11) is 0. The molecular weight excluding hydrogens is 346 g/mol. The third-order valence-electron chi connectivity index (χ3n) is 3.07. The van der Waals surface area contributed by atoms with Gasteiger partial charge in [0.05, 0.1) is 0 Å². The average Bonchev–Trinajstić information content (AvgIpc) is 2.89. The molecule has 0 spiro atoms. The number of ether oxygens (including phenoxy) is 1. The SMILES string of the molecule is CCCCN(C(=O)OC(C)(C)C)c1sc(-c2cccnc2)nc1Cl. The smallest absolute Gasteiger partial charge is 0.415 e. The van der Waals surface area contributed by atoms with E-state index in [9.17, 15) is 4.79 Å². The molecule has 0 aliphatic carbocycles. The maximum Gasteiger partial charge on any atom is 0.415 e. The third-order valence-corrected chi connectivity index (χ3v) is 4.58. The fourth-order valence-corrected chi connectivity index (χ4v) is 3.30. The highest BCUT2D eigenvalue weighted by molar-refractivity contribution is 7.19. The second-order valence-corrected chi connectivity index (χ2v) is 7.68. The van der Waals surface area contributed by atoms with Crippen LogP contribution < -0.4 is 4.90 Å². The van der Waals surface area contributed by atoms with Gasteiger partial charge in [0.1, 0.15) is 15.6 Å². The molecule has 0 bridgehead atoms. The van der Waals surface area contributed by atoms with Gasteiger partial charge in [-0.25, -0.2) is 9.78 Å². The summed E-state index contributed by atoms with van der Waals surface area (Å²) in [6.45, 7) is 8.15. The second kappa shape index (κ2) is 7.94. The summed E-state index contributed by atoms with van der Waals surface area (Å²) in [5, 5.41) is 1.65. The summed E-state index contributed by atoms with van der Waals surface area (Å²) in [5.74, 6) is 0. The van der Waals surface area contributed by atoms with E-state index >= 15 is 0 Å². The maximum absolute atomic E-state index is 12.6. The molecule has 7 heteroatoms. The highest BCUT2D eigenvalue weighted by Gasteiger charge is 2.27. The lowest BCUT2D eigenvalue weighted by molar-refractivity contribution is 0.0581. The van der Waals surface area contributed by atoms with E-state index in [0.717, 1.165) is 23.4 Å². The molecule has 0 aromatic carbocycles. The number of hydrogen-bond donors (Lipinski definition) is 0. The highest BCUT2D eigenvalue weighted by Crippen LogP contribution is 2.38. The lowest BCUT2D eigenvalue weighted by atomic mass is 10.2. The summed E-state index contributed by atoms with van der Waals surface area (Å²) >= 11 is 7.68. The van der Waals surface area contributed by atoms with Crippen molar-refractivity contribution in [1.29, 1.82) is 0 Å². The van der Waals surface area contributed by atoms with E-state index in [-0.39, 0.29) is 0 Å². The number of hydrogen-bond acceptors (Lipinski definition) is 5. The third kappa shape index (κ3) is 4.92. The van der Waals surface area contributed by atoms with Crippen molar-refractivity contribution < 1.29 is 9.53 Å². The van der Waals surface area contributed by atoms with Crippen LogP contribution in [0.25, 0.3) is 10.6 Å². The molecule has 0 aliphatic rings. The number of unbranched alkanes of at least 4 members (excludes halogenated alkanes) is 1. The van der Waals surface area contributed by atoms with Gasteiger partial charge in [-0.15, -0.1) is 0 Å². The van der Waals surface area contributed by atoms with Crippen molar-refractivity contribution in [3.63, 3.8) is 0 Å². The monoisotopic (exact) mass is 367 g/mol. The van der Waals surface area contributed by atoms with E-state index in [1.165, 1.54) is 11.3 Å². The largest absolute Gasteiger partial charge is 0.443 e. The van der Waals surface area contributed by atoms with Crippen LogP contribution in [0.2, 0.25) is 5.15 Å². The van der Waals surface area contributed by atoms with Gasteiger partial charge in [-0.05, 0) is 39.3 Å². The molecule has 5 nitrogen and oxygen atoms in total. The predicted molar refractivity (Wildman–Crippen MR) is 98.8 cm³/mol. The lowest BCUT2D eigenvalue weighted by Crippen LogP contribution is -2.37. The Morgan fingerprint density at radius 2 is 2.17 bits per heavy atom. The molecule has 0 atom stereocenters. The lowest BCUT2D eigenvalue weighted by Gasteiger charge is -2.26. The zero-order valence-corrected chi connectivity index (χ0v) is 15.9. The molecule has 0 radical (unpaired) electrons. The first-order chi connectivity index (χ1) is 11.3. The first-order valence-corrected chi connectivity index (χ1v) is 9.08. The topological polar surface area (TPSA) is 55.3 Å². The molecule has 0 aliphatic heterocycles. The molecule has 2 heterocycles. The van der Waals surface area contributed by atoms with Gasteiger partial charge < -0.3 is 4.74 Å². The Labute approximate surface area is 151 Å². The number of anilines is 1. The molecule has 2 rings (SSSR count). The van der Waals surface area contributed by atoms with Gasteiger partial charge in [-0.2, -0.15) is 0 Å². The summed E-state index contributed by atoms with van der Waals surface area (Å²) in [6.07, 6.45) is 4.84. The molecule has 0 saturated carbocycles. The number of halogens is 1. The van der Waals surface area contributed by atoms with Crippen LogP contribution in [-0.4, -0.2) is 28.2 Å². The Balaban J connectivity index is 2.32. The summed E-state index contributed by atoms with van der Waals surface area (Å²) < 4.78 is 5.52. The Kier molecular flexibility index (Phi) is 6.18. The molecule has 0 N–H and O–H groups in total. The Hall–Kier alpha value is -1.66. The van der Waals surface area contributed by atoms with Crippen molar-refractivity contribution in [2.75, 3.05) is 11.4 Å². The molecule has 0 unspecified atom stereocenters. The Morgan fingerprint density at radius 3 is 2.75 bits per heavy atom. The normalized spacial score (nSPS) is 11.4. The van der Waals surface area contributed by atoms with Crippen molar-refractivity contribution in [2.24, 2.45) is 0 Å². The summed E-state index contributed by atoms with van der Waals surface area (Å²) in [5.41, 5.74) is 0.306. The first kappa shape index (κ1) is 18.7. The van der Waals surface area contributed by atoms with Crippen LogP contribution in [0.5, 0.6) is 0 Å². The quantitative estimate of drug-likeness (QED) is 0.709. The van der Waals surface area contributed by atoms with E-state index in [1.807, 2.05) is 32.9 Å². The van der Waals surface area contributed by atoms with Crippen LogP contribution in [0, 0.1) is 0 Å². The number of carbonyl (C=O) groups is 1. The van der Waals surface area contributed by atoms with E-state index in [0.29, 0.717) is 16.7 Å². The number of rotatable bonds is 5. The molecule has 0 saturated heterocycles. The number of thiazole rings is 1. The Morgan fingerprint density at radius 1 is 1.42 bits per heavy atom.